The number of nitrogens with two attached hydrogens (primary N) is 1. The van der Waals surface area contributed by atoms with Crippen LogP contribution in [0.3, 0.4) is 0 Å². The van der Waals surface area contributed by atoms with Gasteiger partial charge in [0.05, 0.1) is 10.6 Å². The van der Waals surface area contributed by atoms with Gasteiger partial charge in [-0.25, -0.2) is 0 Å². The molecule has 1 aromatic heterocycles. The zero-order valence-corrected chi connectivity index (χ0v) is 10.00. The fourth-order valence-electron chi connectivity index (χ4n) is 1.49. The van der Waals surface area contributed by atoms with Crippen molar-refractivity contribution in [2.45, 2.75) is 6.18 Å². The number of nitrogen functional groups attached to an aromatic ring is 1. The maximum atomic E-state index is 12.5. The molecule has 98 valence electrons. The highest BCUT2D eigenvalue weighted by Crippen LogP contribution is 2.34. The molecule has 2 rings (SSSR count). The molecule has 1 aromatic carbocycles. The molecule has 2 aromatic rings. The van der Waals surface area contributed by atoms with Crippen molar-refractivity contribution in [2.24, 2.45) is 0 Å². The summed E-state index contributed by atoms with van der Waals surface area (Å²) in [6.07, 6.45) is -4.47. The zero-order valence-electron chi connectivity index (χ0n) is 9.24. The summed E-state index contributed by atoms with van der Waals surface area (Å²) in [7, 11) is 0. The van der Waals surface area contributed by atoms with E-state index in [2.05, 4.69) is 9.94 Å². The predicted octanol–water partition coefficient (Wildman–Crippen LogP) is 3.68. The molecule has 1 heterocycles. The molecule has 0 atom stereocenters. The van der Waals surface area contributed by atoms with Crippen LogP contribution in [0.2, 0.25) is 5.02 Å². The number of halogens is 4. The number of aromatic nitrogens is 2. The molecule has 0 aliphatic heterocycles. The van der Waals surface area contributed by atoms with E-state index in [1.807, 2.05) is 0 Å². The third-order valence-electron chi connectivity index (χ3n) is 2.34. The molecule has 8 heteroatoms. The molecule has 0 unspecified atom stereocenters. The van der Waals surface area contributed by atoms with Gasteiger partial charge in [-0.1, -0.05) is 18.2 Å². The quantitative estimate of drug-likeness (QED) is 0.813. The normalized spacial score (nSPS) is 11.3. The number of nitrogens with zero attached hydrogens (tertiary/aromatic N) is 3. The van der Waals surface area contributed by atoms with Crippen LogP contribution in [0.15, 0.2) is 24.3 Å². The molecule has 0 saturated carbocycles. The van der Waals surface area contributed by atoms with Gasteiger partial charge in [0.1, 0.15) is 11.5 Å². The maximum absolute atomic E-state index is 12.5. The lowest BCUT2D eigenvalue weighted by molar-refractivity contribution is -0.137. The Morgan fingerprint density at radius 1 is 1.32 bits per heavy atom. The van der Waals surface area contributed by atoms with Crippen molar-refractivity contribution < 1.29 is 13.2 Å². The number of benzene rings is 1. The van der Waals surface area contributed by atoms with Crippen molar-refractivity contribution in [3.8, 4) is 5.69 Å². The lowest BCUT2D eigenvalue weighted by Crippen LogP contribution is -2.07. The summed E-state index contributed by atoms with van der Waals surface area (Å²) in [4.78, 5) is 3.08. The molecule has 0 fully saturated rings. The molecule has 4 nitrogen and oxygen atoms in total. The van der Waals surface area contributed by atoms with Crippen LogP contribution in [0.5, 0.6) is 0 Å². The van der Waals surface area contributed by atoms with E-state index in [1.165, 1.54) is 6.07 Å². The average molecular weight is 287 g/mol. The van der Waals surface area contributed by atoms with E-state index in [1.54, 1.807) is 0 Å². The largest absolute Gasteiger partial charge is 0.416 e. The van der Waals surface area contributed by atoms with Gasteiger partial charge in [-0.15, -0.1) is 4.68 Å². The van der Waals surface area contributed by atoms with Crippen LogP contribution in [-0.4, -0.2) is 9.78 Å². The van der Waals surface area contributed by atoms with Gasteiger partial charge in [0, 0.05) is 6.07 Å². The van der Waals surface area contributed by atoms with Crippen molar-refractivity contribution in [1.29, 1.82) is 0 Å². The smallest absolute Gasteiger partial charge is 0.383 e. The van der Waals surface area contributed by atoms with Crippen molar-refractivity contribution >= 4 is 23.2 Å². The maximum Gasteiger partial charge on any atom is 0.416 e. The van der Waals surface area contributed by atoms with Crippen molar-refractivity contribution in [2.75, 3.05) is 5.73 Å². The van der Waals surface area contributed by atoms with Crippen LogP contribution in [0.1, 0.15) is 5.56 Å². The monoisotopic (exact) mass is 286 g/mol. The lowest BCUT2D eigenvalue weighted by atomic mass is 10.2. The Balaban J connectivity index is 2.53. The van der Waals surface area contributed by atoms with Gasteiger partial charge in [0.2, 0.25) is 0 Å². The predicted molar refractivity (Wildman–Crippen MR) is 64.3 cm³/mol. The Labute approximate surface area is 111 Å². The molecular formula is C11H6ClF3N4. The van der Waals surface area contributed by atoms with Crippen molar-refractivity contribution in [3.63, 3.8) is 0 Å². The molecular weight excluding hydrogens is 281 g/mol. The van der Waals surface area contributed by atoms with Crippen LogP contribution in [0.25, 0.3) is 10.5 Å². The lowest BCUT2D eigenvalue weighted by Gasteiger charge is -2.09. The fraction of sp³-hybridized carbons (Fsp3) is 0.0909. The summed E-state index contributed by atoms with van der Waals surface area (Å²) in [6, 6.07) is 4.12. The highest BCUT2D eigenvalue weighted by Gasteiger charge is 2.31. The second-order valence-electron chi connectivity index (χ2n) is 3.61. The summed E-state index contributed by atoms with van der Waals surface area (Å²) < 4.78 is 38.6. The zero-order chi connectivity index (χ0) is 14.2. The topological polar surface area (TPSA) is 48.2 Å². The first-order chi connectivity index (χ1) is 8.82. The second kappa shape index (κ2) is 4.48. The van der Waals surface area contributed by atoms with Gasteiger partial charge in [0.25, 0.3) is 5.82 Å². The van der Waals surface area contributed by atoms with Crippen molar-refractivity contribution in [3.05, 3.63) is 46.3 Å². The standard InChI is InChI=1S/C11H6ClF3N4/c1-17-10-5-9(16)19(18-10)8-3-2-6(4-7(8)12)11(13,14)15/h2-5H,16H2. The first kappa shape index (κ1) is 13.2. The Hall–Kier alpha value is -2.20. The number of alkyl halides is 3. The molecule has 2 N–H and O–H groups in total. The fourth-order valence-corrected chi connectivity index (χ4v) is 1.75. The van der Waals surface area contributed by atoms with Crippen LogP contribution in [-0.2, 0) is 6.18 Å². The summed E-state index contributed by atoms with van der Waals surface area (Å²) in [5.41, 5.74) is 4.94. The van der Waals surface area contributed by atoms with E-state index in [0.717, 1.165) is 22.9 Å². The molecule has 0 aliphatic carbocycles. The SMILES string of the molecule is [C-]#[N+]c1cc(N)n(-c2ccc(C(F)(F)F)cc2Cl)n1. The minimum Gasteiger partial charge on any atom is -0.383 e. The highest BCUT2D eigenvalue weighted by atomic mass is 35.5. The minimum atomic E-state index is -4.47. The Morgan fingerprint density at radius 2 is 2.00 bits per heavy atom. The van der Waals surface area contributed by atoms with Crippen molar-refractivity contribution in [1.82, 2.24) is 9.78 Å². The highest BCUT2D eigenvalue weighted by molar-refractivity contribution is 6.32. The summed E-state index contributed by atoms with van der Waals surface area (Å²) >= 11 is 5.80. The van der Waals surface area contributed by atoms with Crippen LogP contribution >= 0.6 is 11.6 Å². The van der Waals surface area contributed by atoms with Crippen LogP contribution < -0.4 is 5.73 Å². The number of anilines is 1. The number of hydrogen-bond donors (Lipinski definition) is 1. The van der Waals surface area contributed by atoms with E-state index in [0.29, 0.717) is 0 Å². The number of rotatable bonds is 1. The third-order valence-corrected chi connectivity index (χ3v) is 2.64. The van der Waals surface area contributed by atoms with E-state index in [-0.39, 0.29) is 22.3 Å². The summed E-state index contributed by atoms with van der Waals surface area (Å²) in [5.74, 6) is 0.154. The van der Waals surface area contributed by atoms with Gasteiger partial charge in [-0.05, 0) is 23.3 Å². The summed E-state index contributed by atoms with van der Waals surface area (Å²) in [5, 5.41) is 3.67. The summed E-state index contributed by atoms with van der Waals surface area (Å²) in [6.45, 7) is 6.80. The molecule has 0 radical (unpaired) electrons. The Bertz CT molecular complexity index is 670. The van der Waals surface area contributed by atoms with Gasteiger partial charge >= 0.3 is 6.18 Å². The van der Waals surface area contributed by atoms with E-state index < -0.39 is 11.7 Å². The molecule has 19 heavy (non-hydrogen) atoms. The van der Waals surface area contributed by atoms with Crippen LogP contribution in [0.4, 0.5) is 24.8 Å². The first-order valence-electron chi connectivity index (χ1n) is 4.93. The first-order valence-corrected chi connectivity index (χ1v) is 5.31. The Kier molecular flexibility index (Phi) is 3.12. The molecule has 0 bridgehead atoms. The molecule has 0 amide bonds. The van der Waals surface area contributed by atoms with Gasteiger partial charge < -0.3 is 10.6 Å². The number of hydrogen-bond acceptors (Lipinski definition) is 2. The third kappa shape index (κ3) is 2.48. The van der Waals surface area contributed by atoms with Gasteiger partial charge in [0.15, 0.2) is 0 Å². The van der Waals surface area contributed by atoms with E-state index >= 15 is 0 Å². The Morgan fingerprint density at radius 3 is 2.47 bits per heavy atom. The average Bonchev–Trinajstić information content (AvgIpc) is 2.69. The second-order valence-corrected chi connectivity index (χ2v) is 4.02. The van der Waals surface area contributed by atoms with Gasteiger partial charge in [-0.2, -0.15) is 13.2 Å². The minimum absolute atomic E-state index is 0.0356. The van der Waals surface area contributed by atoms with E-state index in [9.17, 15) is 13.2 Å². The van der Waals surface area contributed by atoms with Crippen LogP contribution in [0, 0.1) is 6.57 Å². The molecule has 0 aliphatic rings. The molecule has 0 spiro atoms. The molecule has 0 saturated heterocycles. The van der Waals surface area contributed by atoms with E-state index in [4.69, 9.17) is 23.9 Å². The van der Waals surface area contributed by atoms with Gasteiger partial charge in [-0.3, -0.25) is 0 Å².